The van der Waals surface area contributed by atoms with Crippen molar-refractivity contribution in [3.8, 4) is 6.07 Å². The summed E-state index contributed by atoms with van der Waals surface area (Å²) in [7, 11) is 0. The van der Waals surface area contributed by atoms with Crippen LogP contribution in [0.4, 0.5) is 24.8 Å². The Morgan fingerprint density at radius 1 is 1.00 bits per heavy atom. The molecular formula is C16H14F3N5. The van der Waals surface area contributed by atoms with E-state index in [2.05, 4.69) is 16.0 Å². The summed E-state index contributed by atoms with van der Waals surface area (Å²) in [4.78, 5) is 11.3. The molecule has 0 unspecified atom stereocenters. The molecule has 2 heterocycles. The van der Waals surface area contributed by atoms with Crippen LogP contribution in [0.3, 0.4) is 0 Å². The number of aromatic nitrogens is 2. The summed E-state index contributed by atoms with van der Waals surface area (Å²) in [5.74, 6) is 0.0815. The first kappa shape index (κ1) is 16.1. The zero-order valence-electron chi connectivity index (χ0n) is 12.7. The maximum absolute atomic E-state index is 12.8. The van der Waals surface area contributed by atoms with Gasteiger partial charge in [0.15, 0.2) is 0 Å². The fourth-order valence-electron chi connectivity index (χ4n) is 2.65. The highest BCUT2D eigenvalue weighted by Crippen LogP contribution is 2.28. The monoisotopic (exact) mass is 333 g/mol. The number of hydrogen-bond acceptors (Lipinski definition) is 5. The fourth-order valence-corrected chi connectivity index (χ4v) is 2.65. The van der Waals surface area contributed by atoms with E-state index in [0.717, 1.165) is 18.0 Å². The molecule has 0 aliphatic carbocycles. The van der Waals surface area contributed by atoms with Gasteiger partial charge in [-0.3, -0.25) is 0 Å². The Balaban J connectivity index is 1.73. The van der Waals surface area contributed by atoms with Crippen molar-refractivity contribution in [3.63, 3.8) is 0 Å². The molecule has 5 nitrogen and oxygen atoms in total. The number of nitrogens with zero attached hydrogens (tertiary/aromatic N) is 5. The molecule has 0 amide bonds. The highest BCUT2D eigenvalue weighted by atomic mass is 19.4. The van der Waals surface area contributed by atoms with Crippen molar-refractivity contribution >= 4 is 11.6 Å². The van der Waals surface area contributed by atoms with Gasteiger partial charge in [0.05, 0.1) is 11.3 Å². The van der Waals surface area contributed by atoms with Gasteiger partial charge < -0.3 is 9.80 Å². The van der Waals surface area contributed by atoms with Gasteiger partial charge in [-0.2, -0.15) is 18.4 Å². The van der Waals surface area contributed by atoms with Gasteiger partial charge >= 0.3 is 6.18 Å². The van der Waals surface area contributed by atoms with Crippen molar-refractivity contribution in [2.24, 2.45) is 0 Å². The molecule has 0 bridgehead atoms. The van der Waals surface area contributed by atoms with Gasteiger partial charge in [-0.05, 0) is 18.2 Å². The summed E-state index contributed by atoms with van der Waals surface area (Å²) in [5.41, 5.74) is 0.482. The van der Waals surface area contributed by atoms with Crippen molar-refractivity contribution in [1.29, 1.82) is 5.26 Å². The van der Waals surface area contributed by atoms with Gasteiger partial charge in [-0.1, -0.05) is 12.1 Å². The quantitative estimate of drug-likeness (QED) is 0.846. The van der Waals surface area contributed by atoms with Crippen LogP contribution in [0.1, 0.15) is 11.3 Å². The summed E-state index contributed by atoms with van der Waals surface area (Å²) in [6, 6.07) is 10.3. The lowest BCUT2D eigenvalue weighted by atomic mass is 10.1. The van der Waals surface area contributed by atoms with Crippen molar-refractivity contribution < 1.29 is 13.2 Å². The third-order valence-electron chi connectivity index (χ3n) is 3.86. The summed E-state index contributed by atoms with van der Waals surface area (Å²) >= 11 is 0. The van der Waals surface area contributed by atoms with Crippen LogP contribution in [0.5, 0.6) is 0 Å². The maximum Gasteiger partial charge on any atom is 0.433 e. The number of anilines is 2. The molecule has 24 heavy (non-hydrogen) atoms. The van der Waals surface area contributed by atoms with Crippen LogP contribution in [0.25, 0.3) is 0 Å². The summed E-state index contributed by atoms with van der Waals surface area (Å²) in [6.45, 7) is 2.14. The minimum absolute atomic E-state index is 0.0815. The lowest BCUT2D eigenvalue weighted by Gasteiger charge is -2.36. The molecule has 1 aliphatic heterocycles. The molecule has 1 aromatic heterocycles. The zero-order valence-corrected chi connectivity index (χ0v) is 12.7. The van der Waals surface area contributed by atoms with E-state index in [-0.39, 0.29) is 5.95 Å². The fraction of sp³-hybridized carbons (Fsp3) is 0.312. The highest BCUT2D eigenvalue weighted by molar-refractivity contribution is 5.60. The molecule has 2 aromatic rings. The zero-order chi connectivity index (χ0) is 17.2. The van der Waals surface area contributed by atoms with Gasteiger partial charge in [0.25, 0.3) is 0 Å². The number of rotatable bonds is 2. The minimum Gasteiger partial charge on any atom is -0.367 e. The first-order valence-electron chi connectivity index (χ1n) is 7.38. The lowest BCUT2D eigenvalue weighted by molar-refractivity contribution is -0.141. The van der Waals surface area contributed by atoms with Crippen LogP contribution in [0.15, 0.2) is 36.5 Å². The Morgan fingerprint density at radius 2 is 1.67 bits per heavy atom. The molecule has 0 radical (unpaired) electrons. The Kier molecular flexibility index (Phi) is 4.25. The third kappa shape index (κ3) is 3.25. The van der Waals surface area contributed by atoms with E-state index in [1.165, 1.54) is 0 Å². The Labute approximate surface area is 137 Å². The second kappa shape index (κ2) is 6.35. The predicted molar refractivity (Wildman–Crippen MR) is 82.6 cm³/mol. The number of alkyl halides is 3. The molecule has 1 aliphatic rings. The highest BCUT2D eigenvalue weighted by Gasteiger charge is 2.33. The SMILES string of the molecule is N#Cc1ccccc1N1CCN(c2nccc(C(F)(F)F)n2)CC1. The normalized spacial score (nSPS) is 15.2. The van der Waals surface area contributed by atoms with E-state index < -0.39 is 11.9 Å². The second-order valence-electron chi connectivity index (χ2n) is 5.34. The van der Waals surface area contributed by atoms with E-state index in [4.69, 9.17) is 0 Å². The van der Waals surface area contributed by atoms with Crippen LogP contribution in [0, 0.1) is 11.3 Å². The Bertz CT molecular complexity index is 761. The van der Waals surface area contributed by atoms with Crippen LogP contribution >= 0.6 is 0 Å². The van der Waals surface area contributed by atoms with Crippen molar-refractivity contribution in [2.45, 2.75) is 6.18 Å². The van der Waals surface area contributed by atoms with Crippen molar-refractivity contribution in [2.75, 3.05) is 36.0 Å². The number of para-hydroxylation sites is 1. The largest absolute Gasteiger partial charge is 0.433 e. The minimum atomic E-state index is -4.48. The summed E-state index contributed by atoms with van der Waals surface area (Å²) in [6.07, 6.45) is -3.35. The van der Waals surface area contributed by atoms with Crippen LogP contribution < -0.4 is 9.80 Å². The smallest absolute Gasteiger partial charge is 0.367 e. The third-order valence-corrected chi connectivity index (χ3v) is 3.86. The predicted octanol–water partition coefficient (Wildman–Crippen LogP) is 2.69. The average Bonchev–Trinajstić information content (AvgIpc) is 2.61. The number of hydrogen-bond donors (Lipinski definition) is 0. The molecule has 1 saturated heterocycles. The molecule has 3 rings (SSSR count). The van der Waals surface area contributed by atoms with E-state index >= 15 is 0 Å². The molecule has 0 N–H and O–H groups in total. The molecule has 8 heteroatoms. The Hall–Kier alpha value is -2.82. The first-order chi connectivity index (χ1) is 11.5. The molecule has 0 spiro atoms. The van der Waals surface area contributed by atoms with Crippen molar-refractivity contribution in [1.82, 2.24) is 9.97 Å². The van der Waals surface area contributed by atoms with E-state index in [9.17, 15) is 18.4 Å². The first-order valence-corrected chi connectivity index (χ1v) is 7.38. The number of benzene rings is 1. The molecule has 0 saturated carbocycles. The van der Waals surface area contributed by atoms with Gasteiger partial charge in [-0.15, -0.1) is 0 Å². The van der Waals surface area contributed by atoms with Gasteiger partial charge in [0, 0.05) is 32.4 Å². The Morgan fingerprint density at radius 3 is 2.33 bits per heavy atom. The van der Waals surface area contributed by atoms with Crippen LogP contribution in [-0.2, 0) is 6.18 Å². The van der Waals surface area contributed by atoms with Crippen LogP contribution in [-0.4, -0.2) is 36.1 Å². The topological polar surface area (TPSA) is 56.1 Å². The molecular weight excluding hydrogens is 319 g/mol. The molecule has 0 atom stereocenters. The van der Waals surface area contributed by atoms with Crippen LogP contribution in [0.2, 0.25) is 0 Å². The maximum atomic E-state index is 12.8. The van der Waals surface area contributed by atoms with Gasteiger partial charge in [0.2, 0.25) is 5.95 Å². The van der Waals surface area contributed by atoms with E-state index in [1.54, 1.807) is 17.0 Å². The molecule has 124 valence electrons. The standard InChI is InChI=1S/C16H14F3N5/c17-16(18,19)14-5-6-21-15(22-14)24-9-7-23(8-10-24)13-4-2-1-3-12(13)11-20/h1-6H,7-10H2. The second-order valence-corrected chi connectivity index (χ2v) is 5.34. The van der Waals surface area contributed by atoms with E-state index in [0.29, 0.717) is 31.7 Å². The lowest BCUT2D eigenvalue weighted by Crippen LogP contribution is -2.47. The molecule has 1 fully saturated rings. The molecule has 1 aromatic carbocycles. The van der Waals surface area contributed by atoms with E-state index in [1.807, 2.05) is 17.0 Å². The number of halogens is 3. The summed E-state index contributed by atoms with van der Waals surface area (Å²) < 4.78 is 38.3. The van der Waals surface area contributed by atoms with Crippen molar-refractivity contribution in [3.05, 3.63) is 47.8 Å². The van der Waals surface area contributed by atoms with Gasteiger partial charge in [0.1, 0.15) is 11.8 Å². The number of piperazine rings is 1. The average molecular weight is 333 g/mol. The van der Waals surface area contributed by atoms with Gasteiger partial charge in [-0.25, -0.2) is 9.97 Å². The summed E-state index contributed by atoms with van der Waals surface area (Å²) in [5, 5.41) is 9.17. The number of nitriles is 1.